The molecule has 5 nitrogen and oxygen atoms in total. The number of pyridine rings is 1. The number of hydrogen-bond donors (Lipinski definition) is 0. The minimum atomic E-state index is -0.614. The van der Waals surface area contributed by atoms with Gasteiger partial charge in [-0.3, -0.25) is 0 Å². The largest absolute Gasteiger partial charge is 2.00 e. The number of hydrogen-bond acceptors (Lipinski definition) is 2. The minimum Gasteiger partial charge on any atom is -0.509 e. The van der Waals surface area contributed by atoms with Crippen molar-refractivity contribution in [2.45, 2.75) is 57.8 Å². The minimum absolute atomic E-state index is 0. The summed E-state index contributed by atoms with van der Waals surface area (Å²) in [5.74, 6) is 2.01. The summed E-state index contributed by atoms with van der Waals surface area (Å²) in [7, 11) is 0. The Bertz CT molecular complexity index is 4190. The number of ether oxygens (including phenoxy) is 1. The number of fused-ring (bicyclic) bond motifs is 12. The Balaban J connectivity index is 0.00000541. The van der Waals surface area contributed by atoms with Gasteiger partial charge in [0.15, 0.2) is 0 Å². The molecule has 4 heterocycles. The Morgan fingerprint density at radius 3 is 1.88 bits per heavy atom. The maximum absolute atomic E-state index is 6.79. The molecular weight excluding hydrogens is 1100 g/mol. The second-order valence-corrected chi connectivity index (χ2v) is 22.0. The number of nitrogens with zero attached hydrogens (tertiary/aromatic N) is 4. The van der Waals surface area contributed by atoms with Gasteiger partial charge in [0.25, 0.3) is 5.69 Å². The van der Waals surface area contributed by atoms with Gasteiger partial charge in [-0.15, -0.1) is 23.6 Å². The van der Waals surface area contributed by atoms with E-state index in [1.807, 2.05) is 24.4 Å². The van der Waals surface area contributed by atoms with Crippen LogP contribution in [0, 0.1) is 12.1 Å². The average molecular weight is 1150 g/mol. The van der Waals surface area contributed by atoms with Crippen LogP contribution >= 0.6 is 0 Å². The van der Waals surface area contributed by atoms with Crippen LogP contribution in [0.5, 0.6) is 11.5 Å². The molecule has 75 heavy (non-hydrogen) atoms. The van der Waals surface area contributed by atoms with Crippen LogP contribution in [0.4, 0.5) is 22.7 Å². The molecule has 0 fully saturated rings. The first kappa shape index (κ1) is 46.6. The van der Waals surface area contributed by atoms with Gasteiger partial charge in [-0.1, -0.05) is 197 Å². The summed E-state index contributed by atoms with van der Waals surface area (Å²) >= 11 is 0. The van der Waals surface area contributed by atoms with Crippen molar-refractivity contribution in [3.8, 4) is 50.7 Å². The fourth-order valence-corrected chi connectivity index (χ4v) is 12.0. The normalized spacial score (nSPS) is 13.7. The molecule has 2 aliphatic heterocycles. The van der Waals surface area contributed by atoms with Gasteiger partial charge in [-0.25, -0.2) is 4.98 Å². The van der Waals surface area contributed by atoms with E-state index in [-0.39, 0.29) is 31.9 Å². The fourth-order valence-electron chi connectivity index (χ4n) is 12.0. The van der Waals surface area contributed by atoms with Crippen LogP contribution in [0.25, 0.3) is 61.0 Å². The monoisotopic (exact) mass is 1150 g/mol. The first-order valence-corrected chi connectivity index (χ1v) is 25.6. The van der Waals surface area contributed by atoms with Crippen molar-refractivity contribution in [1.29, 1.82) is 0 Å². The molecule has 11 aromatic rings. The number of aromatic nitrogens is 2. The van der Waals surface area contributed by atoms with Gasteiger partial charge >= 0.3 is 32.8 Å². The molecule has 362 valence electrons. The van der Waals surface area contributed by atoms with E-state index in [9.17, 15) is 0 Å². The molecule has 3 aliphatic rings. The Hall–Kier alpha value is -8.20. The zero-order chi connectivity index (χ0) is 50.1. The third-order valence-corrected chi connectivity index (χ3v) is 15.5. The summed E-state index contributed by atoms with van der Waals surface area (Å²) in [6.45, 7) is 13.6. The van der Waals surface area contributed by atoms with Gasteiger partial charge in [0.2, 0.25) is 5.69 Å². The van der Waals surface area contributed by atoms with Gasteiger partial charge in [0.1, 0.15) is 11.5 Å². The summed E-state index contributed by atoms with van der Waals surface area (Å²) in [4.78, 5) is 4.90. The van der Waals surface area contributed by atoms with Crippen LogP contribution < -0.4 is 13.9 Å². The molecular formula is C69H52N4OPt+2. The first-order valence-electron chi connectivity index (χ1n) is 25.6. The predicted octanol–water partition coefficient (Wildman–Crippen LogP) is 17.0. The molecule has 9 aromatic carbocycles. The van der Waals surface area contributed by atoms with Crippen LogP contribution in [0.3, 0.4) is 0 Å². The molecule has 6 heteroatoms. The summed E-state index contributed by atoms with van der Waals surface area (Å²) in [5.41, 5.74) is 20.0. The molecule has 0 unspecified atom stereocenters. The van der Waals surface area contributed by atoms with E-state index in [2.05, 4.69) is 255 Å². The van der Waals surface area contributed by atoms with Crippen molar-refractivity contribution in [3.05, 3.63) is 252 Å². The summed E-state index contributed by atoms with van der Waals surface area (Å²) in [6.07, 6.45) is 1.91. The maximum atomic E-state index is 6.79. The molecule has 14 rings (SSSR count). The zero-order valence-corrected chi connectivity index (χ0v) is 44.9. The van der Waals surface area contributed by atoms with E-state index in [1.54, 1.807) is 0 Å². The van der Waals surface area contributed by atoms with E-state index in [0.29, 0.717) is 11.5 Å². The van der Waals surface area contributed by atoms with Gasteiger partial charge in [0, 0.05) is 34.8 Å². The van der Waals surface area contributed by atoms with E-state index < -0.39 is 5.41 Å². The van der Waals surface area contributed by atoms with Crippen LogP contribution in [0.1, 0.15) is 74.9 Å². The van der Waals surface area contributed by atoms with Crippen molar-refractivity contribution >= 4 is 50.6 Å². The standard InChI is InChI=1S/C69H52N4O.Pt/c1-67(2,3)47-35-36-70-64(40-47)73-61-31-15-12-25-55(61)56-34-33-51(42-63(56)73)74-50-22-16-21-49(41-50)71-43-72-65-52(46-37-45(44-19-8-7-9-20-44)38-48(39-46)68(4,5)6)26-17-29-59(65)69(60-30-18-32-62(71)66(60)72)57-27-13-10-23-53(57)54-24-11-14-28-58(54)69;/h7-40H,1-6H3;/q;+2. The zero-order valence-electron chi connectivity index (χ0n) is 42.6. The predicted molar refractivity (Wildman–Crippen MR) is 303 cm³/mol. The number of rotatable bonds is 6. The number of benzene rings is 9. The van der Waals surface area contributed by atoms with Crippen molar-refractivity contribution in [3.63, 3.8) is 0 Å². The van der Waals surface area contributed by atoms with Crippen LogP contribution in [0.2, 0.25) is 0 Å². The smallest absolute Gasteiger partial charge is 0.509 e. The summed E-state index contributed by atoms with van der Waals surface area (Å²) in [6, 6.07) is 84.0. The van der Waals surface area contributed by atoms with Crippen LogP contribution in [-0.2, 0) is 37.3 Å². The van der Waals surface area contributed by atoms with Gasteiger partial charge < -0.3 is 9.30 Å². The summed E-state index contributed by atoms with van der Waals surface area (Å²) < 4.78 is 13.5. The van der Waals surface area contributed by atoms with Gasteiger partial charge in [-0.05, 0) is 101 Å². The molecule has 0 amide bonds. The maximum Gasteiger partial charge on any atom is 2.00 e. The molecule has 1 aliphatic carbocycles. The average Bonchev–Trinajstić information content (AvgIpc) is 4.15. The molecule has 2 aromatic heterocycles. The second-order valence-electron chi connectivity index (χ2n) is 22.0. The van der Waals surface area contributed by atoms with Crippen molar-refractivity contribution in [2.24, 2.45) is 0 Å². The molecule has 0 saturated carbocycles. The van der Waals surface area contributed by atoms with Crippen molar-refractivity contribution in [2.75, 3.05) is 0 Å². The summed E-state index contributed by atoms with van der Waals surface area (Å²) in [5, 5.41) is 2.22. The van der Waals surface area contributed by atoms with E-state index in [0.717, 1.165) is 61.5 Å². The van der Waals surface area contributed by atoms with Crippen molar-refractivity contribution < 1.29 is 25.8 Å². The van der Waals surface area contributed by atoms with E-state index in [4.69, 9.17) is 9.72 Å². The molecule has 0 bridgehead atoms. The van der Waals surface area contributed by atoms with E-state index in [1.165, 1.54) is 55.6 Å². The fraction of sp³-hybridized carbons (Fsp3) is 0.130. The van der Waals surface area contributed by atoms with Crippen molar-refractivity contribution in [1.82, 2.24) is 18.7 Å². The second kappa shape index (κ2) is 17.2. The molecule has 0 atom stereocenters. The molecule has 0 radical (unpaired) electrons. The third-order valence-electron chi connectivity index (χ3n) is 15.5. The Morgan fingerprint density at radius 2 is 1.12 bits per heavy atom. The Morgan fingerprint density at radius 1 is 0.493 bits per heavy atom. The first-order chi connectivity index (χ1) is 35.9. The molecule has 0 N–H and O–H groups in total. The topological polar surface area (TPSA) is 33.1 Å². The van der Waals surface area contributed by atoms with E-state index >= 15 is 0 Å². The Labute approximate surface area is 452 Å². The quantitative estimate of drug-likeness (QED) is 0.123. The molecule has 0 saturated heterocycles. The van der Waals surface area contributed by atoms with Gasteiger partial charge in [0.05, 0.1) is 16.5 Å². The Kier molecular flexibility index (Phi) is 10.7. The third kappa shape index (κ3) is 7.13. The SMILES string of the molecule is CC(C)(C)c1cc(-c2ccccc2)cc(-c2cccc3c2[N+]2=C=[N+](c4[c-]c(Oc5[c-]c6c(cc5)c5ccccc5n6-c5cc(C(C)(C)C)ccn5)ccc4)c4cccc(c42)C32c3ccccc3-c3ccccc32)c1.[Pt+2]. The van der Waals surface area contributed by atoms with Crippen LogP contribution in [0.15, 0.2) is 206 Å². The molecule has 1 spiro atoms. The number of para-hydroxylation sites is 3. The van der Waals surface area contributed by atoms with Gasteiger partial charge in [-0.2, -0.15) is 12.1 Å². The van der Waals surface area contributed by atoms with Crippen LogP contribution in [-0.4, -0.2) is 15.6 Å².